The molecule has 1 atom stereocenters. The van der Waals surface area contributed by atoms with E-state index in [0.29, 0.717) is 5.69 Å². The number of benzene rings is 2. The second kappa shape index (κ2) is 7.25. The quantitative estimate of drug-likeness (QED) is 0.867. The van der Waals surface area contributed by atoms with Crippen molar-refractivity contribution in [2.24, 2.45) is 5.73 Å². The van der Waals surface area contributed by atoms with Crippen molar-refractivity contribution in [3.05, 3.63) is 59.7 Å². The number of nitrogens with one attached hydrogen (secondary N) is 1. The SMILES string of the molecule is C[C@@H](Oc1cccc(C(F)(F)F)c1)C(=O)Nc1ccc(C(N)=O)cc1. The van der Waals surface area contributed by atoms with E-state index in [-0.39, 0.29) is 11.3 Å². The van der Waals surface area contributed by atoms with E-state index in [1.165, 1.54) is 43.3 Å². The highest BCUT2D eigenvalue weighted by Gasteiger charge is 2.30. The minimum Gasteiger partial charge on any atom is -0.481 e. The summed E-state index contributed by atoms with van der Waals surface area (Å²) in [6, 6.07) is 10.1. The molecule has 0 aliphatic heterocycles. The van der Waals surface area contributed by atoms with Crippen molar-refractivity contribution < 1.29 is 27.5 Å². The van der Waals surface area contributed by atoms with Crippen LogP contribution in [0.1, 0.15) is 22.8 Å². The van der Waals surface area contributed by atoms with Gasteiger partial charge in [-0.15, -0.1) is 0 Å². The number of hydrogen-bond donors (Lipinski definition) is 2. The van der Waals surface area contributed by atoms with Gasteiger partial charge >= 0.3 is 6.18 Å². The molecular weight excluding hydrogens is 337 g/mol. The molecule has 0 saturated carbocycles. The first-order valence-electron chi connectivity index (χ1n) is 7.21. The fraction of sp³-hybridized carbons (Fsp3) is 0.176. The summed E-state index contributed by atoms with van der Waals surface area (Å²) in [5.41, 5.74) is 4.94. The van der Waals surface area contributed by atoms with E-state index in [1.807, 2.05) is 0 Å². The number of carbonyl (C=O) groups excluding carboxylic acids is 2. The Balaban J connectivity index is 2.02. The molecule has 8 heteroatoms. The highest BCUT2D eigenvalue weighted by molar-refractivity contribution is 5.96. The molecule has 0 heterocycles. The number of hydrogen-bond acceptors (Lipinski definition) is 3. The minimum atomic E-state index is -4.49. The Morgan fingerprint density at radius 2 is 1.76 bits per heavy atom. The largest absolute Gasteiger partial charge is 0.481 e. The molecule has 2 aromatic rings. The van der Waals surface area contributed by atoms with Gasteiger partial charge in [-0.1, -0.05) is 6.07 Å². The van der Waals surface area contributed by atoms with Gasteiger partial charge in [-0.2, -0.15) is 13.2 Å². The van der Waals surface area contributed by atoms with Crippen molar-refractivity contribution >= 4 is 17.5 Å². The van der Waals surface area contributed by atoms with Crippen molar-refractivity contribution in [1.29, 1.82) is 0 Å². The van der Waals surface area contributed by atoms with E-state index in [0.717, 1.165) is 12.1 Å². The number of anilines is 1. The molecule has 25 heavy (non-hydrogen) atoms. The summed E-state index contributed by atoms with van der Waals surface area (Å²) in [5.74, 6) is -1.22. The summed E-state index contributed by atoms with van der Waals surface area (Å²) in [5, 5.41) is 2.53. The highest BCUT2D eigenvalue weighted by Crippen LogP contribution is 2.31. The molecule has 2 amide bonds. The van der Waals surface area contributed by atoms with Gasteiger partial charge in [-0.25, -0.2) is 0 Å². The van der Waals surface area contributed by atoms with Gasteiger partial charge in [-0.05, 0) is 49.4 Å². The number of halogens is 3. The van der Waals surface area contributed by atoms with E-state index in [1.54, 1.807) is 0 Å². The molecule has 132 valence electrons. The Morgan fingerprint density at radius 3 is 2.32 bits per heavy atom. The summed E-state index contributed by atoms with van der Waals surface area (Å²) < 4.78 is 43.3. The molecule has 0 saturated heterocycles. The van der Waals surface area contributed by atoms with Gasteiger partial charge in [0.2, 0.25) is 5.91 Å². The number of amides is 2. The minimum absolute atomic E-state index is 0.0680. The van der Waals surface area contributed by atoms with Crippen molar-refractivity contribution in [1.82, 2.24) is 0 Å². The van der Waals surface area contributed by atoms with Gasteiger partial charge in [0, 0.05) is 11.3 Å². The Bertz CT molecular complexity index is 773. The standard InChI is InChI=1S/C17H15F3N2O3/c1-10(25-14-4-2-3-12(9-14)17(18,19)20)16(24)22-13-7-5-11(6-8-13)15(21)23/h2-10H,1H3,(H2,21,23)(H,22,24)/t10-/m1/s1. The summed E-state index contributed by atoms with van der Waals surface area (Å²) in [7, 11) is 0. The molecule has 0 fully saturated rings. The molecule has 0 aliphatic rings. The van der Waals surface area contributed by atoms with Crippen LogP contribution in [0.3, 0.4) is 0 Å². The Morgan fingerprint density at radius 1 is 1.12 bits per heavy atom. The molecular formula is C17H15F3N2O3. The van der Waals surface area contributed by atoms with Crippen LogP contribution in [-0.4, -0.2) is 17.9 Å². The fourth-order valence-electron chi connectivity index (χ4n) is 1.97. The number of nitrogens with two attached hydrogens (primary N) is 1. The van der Waals surface area contributed by atoms with Crippen LogP contribution >= 0.6 is 0 Å². The Kier molecular flexibility index (Phi) is 5.31. The van der Waals surface area contributed by atoms with Crippen LogP contribution in [-0.2, 0) is 11.0 Å². The van der Waals surface area contributed by atoms with Gasteiger partial charge in [0.1, 0.15) is 5.75 Å². The summed E-state index contributed by atoms with van der Waals surface area (Å²) in [6.07, 6.45) is -5.52. The number of rotatable bonds is 5. The van der Waals surface area contributed by atoms with Crippen LogP contribution in [0.25, 0.3) is 0 Å². The van der Waals surface area contributed by atoms with Crippen molar-refractivity contribution in [2.45, 2.75) is 19.2 Å². The Hall–Kier alpha value is -3.03. The van der Waals surface area contributed by atoms with E-state index in [4.69, 9.17) is 10.5 Å². The lowest BCUT2D eigenvalue weighted by atomic mass is 10.2. The lowest BCUT2D eigenvalue weighted by Gasteiger charge is -2.16. The van der Waals surface area contributed by atoms with Crippen molar-refractivity contribution in [3.63, 3.8) is 0 Å². The van der Waals surface area contributed by atoms with Crippen LogP contribution in [0.5, 0.6) is 5.75 Å². The van der Waals surface area contributed by atoms with Crippen molar-refractivity contribution in [3.8, 4) is 5.75 Å². The molecule has 0 bridgehead atoms. The molecule has 0 unspecified atom stereocenters. The molecule has 0 aliphatic carbocycles. The first-order valence-corrected chi connectivity index (χ1v) is 7.21. The monoisotopic (exact) mass is 352 g/mol. The van der Waals surface area contributed by atoms with E-state index in [9.17, 15) is 22.8 Å². The maximum atomic E-state index is 12.7. The number of primary amides is 1. The first kappa shape index (κ1) is 18.3. The first-order chi connectivity index (χ1) is 11.7. The Labute approximate surface area is 141 Å². The van der Waals surface area contributed by atoms with E-state index in [2.05, 4.69) is 5.32 Å². The number of alkyl halides is 3. The average molecular weight is 352 g/mol. The van der Waals surface area contributed by atoms with Gasteiger partial charge in [-0.3, -0.25) is 9.59 Å². The third-order valence-electron chi connectivity index (χ3n) is 3.28. The van der Waals surface area contributed by atoms with Crippen molar-refractivity contribution in [2.75, 3.05) is 5.32 Å². The number of ether oxygens (including phenoxy) is 1. The van der Waals surface area contributed by atoms with Crippen LogP contribution < -0.4 is 15.8 Å². The van der Waals surface area contributed by atoms with E-state index < -0.39 is 29.7 Å². The molecule has 2 rings (SSSR count). The third-order valence-corrected chi connectivity index (χ3v) is 3.28. The smallest absolute Gasteiger partial charge is 0.416 e. The van der Waals surface area contributed by atoms with Crippen LogP contribution in [0.2, 0.25) is 0 Å². The summed E-state index contributed by atoms with van der Waals surface area (Å²) >= 11 is 0. The number of carbonyl (C=O) groups is 2. The molecule has 0 spiro atoms. The zero-order valence-corrected chi connectivity index (χ0v) is 13.1. The van der Waals surface area contributed by atoms with Gasteiger partial charge < -0.3 is 15.8 Å². The average Bonchev–Trinajstić information content (AvgIpc) is 2.54. The van der Waals surface area contributed by atoms with Crippen LogP contribution in [0, 0.1) is 0 Å². The zero-order chi connectivity index (χ0) is 18.6. The van der Waals surface area contributed by atoms with Gasteiger partial charge in [0.15, 0.2) is 6.10 Å². The molecule has 0 aromatic heterocycles. The third kappa shape index (κ3) is 4.97. The second-order valence-corrected chi connectivity index (χ2v) is 5.22. The van der Waals surface area contributed by atoms with Crippen LogP contribution in [0.4, 0.5) is 18.9 Å². The summed E-state index contributed by atoms with van der Waals surface area (Å²) in [4.78, 5) is 23.0. The summed E-state index contributed by atoms with van der Waals surface area (Å²) in [6.45, 7) is 1.41. The van der Waals surface area contributed by atoms with Gasteiger partial charge in [0.05, 0.1) is 5.56 Å². The topological polar surface area (TPSA) is 81.4 Å². The van der Waals surface area contributed by atoms with E-state index >= 15 is 0 Å². The van der Waals surface area contributed by atoms with Crippen LogP contribution in [0.15, 0.2) is 48.5 Å². The molecule has 3 N–H and O–H groups in total. The lowest BCUT2D eigenvalue weighted by Crippen LogP contribution is -2.30. The normalized spacial score (nSPS) is 12.3. The molecule has 5 nitrogen and oxygen atoms in total. The highest BCUT2D eigenvalue weighted by atomic mass is 19.4. The maximum absolute atomic E-state index is 12.7. The predicted molar refractivity (Wildman–Crippen MR) is 85.1 cm³/mol. The van der Waals surface area contributed by atoms with Gasteiger partial charge in [0.25, 0.3) is 5.91 Å². The molecule has 0 radical (unpaired) electrons. The molecule has 2 aromatic carbocycles. The second-order valence-electron chi connectivity index (χ2n) is 5.22. The lowest BCUT2D eigenvalue weighted by molar-refractivity contribution is -0.137. The predicted octanol–water partition coefficient (Wildman–Crippen LogP) is 3.21. The fourth-order valence-corrected chi connectivity index (χ4v) is 1.97. The maximum Gasteiger partial charge on any atom is 0.416 e. The zero-order valence-electron chi connectivity index (χ0n) is 13.1.